The van der Waals surface area contributed by atoms with Crippen LogP contribution in [-0.4, -0.2) is 47.9 Å². The molecule has 1 amide bonds. The molecule has 2 heterocycles. The number of hydrogen-bond donors (Lipinski definition) is 0. The molecule has 0 radical (unpaired) electrons. The lowest BCUT2D eigenvalue weighted by Crippen LogP contribution is -2.54. The molecule has 112 valence electrons. The van der Waals surface area contributed by atoms with E-state index >= 15 is 0 Å². The third kappa shape index (κ3) is 2.27. The number of carbonyl (C=O) groups is 1. The maximum atomic E-state index is 13.0. The number of benzene rings is 1. The van der Waals surface area contributed by atoms with Crippen molar-refractivity contribution >= 4 is 17.5 Å². The van der Waals surface area contributed by atoms with Crippen molar-refractivity contribution in [1.29, 1.82) is 0 Å². The van der Waals surface area contributed by atoms with Crippen LogP contribution in [0.1, 0.15) is 31.2 Å². The summed E-state index contributed by atoms with van der Waals surface area (Å²) in [4.78, 5) is 17.7. The first kappa shape index (κ1) is 13.6. The summed E-state index contributed by atoms with van der Waals surface area (Å²) in [5, 5.41) is 0.738. The van der Waals surface area contributed by atoms with Gasteiger partial charge in [0.2, 0.25) is 5.91 Å². The van der Waals surface area contributed by atoms with Gasteiger partial charge in [-0.3, -0.25) is 9.69 Å². The van der Waals surface area contributed by atoms with Crippen LogP contribution >= 0.6 is 11.6 Å². The Morgan fingerprint density at radius 2 is 1.90 bits per heavy atom. The van der Waals surface area contributed by atoms with Crippen LogP contribution in [-0.2, 0) is 10.2 Å². The molecule has 1 unspecified atom stereocenters. The predicted octanol–water partition coefficient (Wildman–Crippen LogP) is 2.68. The van der Waals surface area contributed by atoms with Crippen LogP contribution in [0, 0.1) is 0 Å². The molecule has 2 aliphatic heterocycles. The molecule has 0 N–H and O–H groups in total. The van der Waals surface area contributed by atoms with Gasteiger partial charge < -0.3 is 4.90 Å². The van der Waals surface area contributed by atoms with Gasteiger partial charge in [-0.25, -0.2) is 0 Å². The van der Waals surface area contributed by atoms with Gasteiger partial charge in [-0.1, -0.05) is 23.7 Å². The minimum Gasteiger partial charge on any atom is -0.339 e. The maximum absolute atomic E-state index is 13.0. The van der Waals surface area contributed by atoms with Gasteiger partial charge in [0.1, 0.15) is 0 Å². The molecule has 21 heavy (non-hydrogen) atoms. The van der Waals surface area contributed by atoms with Crippen LogP contribution in [0.25, 0.3) is 0 Å². The predicted molar refractivity (Wildman–Crippen MR) is 83.5 cm³/mol. The molecule has 0 aromatic heterocycles. The van der Waals surface area contributed by atoms with E-state index in [1.165, 1.54) is 19.4 Å². The zero-order valence-corrected chi connectivity index (χ0v) is 13.0. The monoisotopic (exact) mass is 304 g/mol. The quantitative estimate of drug-likeness (QED) is 0.839. The van der Waals surface area contributed by atoms with Crippen molar-refractivity contribution in [1.82, 2.24) is 9.80 Å². The lowest BCUT2D eigenvalue weighted by atomic mass is 9.93. The molecular weight excluding hydrogens is 284 g/mol. The molecule has 3 nitrogen and oxygen atoms in total. The highest BCUT2D eigenvalue weighted by atomic mass is 35.5. The minimum absolute atomic E-state index is 0.245. The molecule has 1 atom stereocenters. The third-order valence-electron chi connectivity index (χ3n) is 5.43. The zero-order chi connectivity index (χ0) is 14.4. The summed E-state index contributed by atoms with van der Waals surface area (Å²) in [6.45, 7) is 4.08. The molecule has 1 aliphatic carbocycles. The molecular formula is C17H21ClN2O. The molecule has 0 bridgehead atoms. The second-order valence-electron chi connectivity index (χ2n) is 6.67. The van der Waals surface area contributed by atoms with E-state index in [1.54, 1.807) is 0 Å². The van der Waals surface area contributed by atoms with Gasteiger partial charge >= 0.3 is 0 Å². The number of piperazine rings is 1. The Bertz CT molecular complexity index is 552. The van der Waals surface area contributed by atoms with E-state index in [1.807, 2.05) is 24.3 Å². The third-order valence-corrected chi connectivity index (χ3v) is 5.68. The van der Waals surface area contributed by atoms with Crippen LogP contribution in [0.4, 0.5) is 0 Å². The van der Waals surface area contributed by atoms with E-state index in [2.05, 4.69) is 9.80 Å². The van der Waals surface area contributed by atoms with E-state index in [0.717, 1.165) is 43.1 Å². The molecule has 2 saturated heterocycles. The largest absolute Gasteiger partial charge is 0.339 e. The van der Waals surface area contributed by atoms with Crippen LogP contribution in [0.15, 0.2) is 24.3 Å². The van der Waals surface area contributed by atoms with Gasteiger partial charge in [-0.05, 0) is 49.9 Å². The van der Waals surface area contributed by atoms with E-state index in [0.29, 0.717) is 11.9 Å². The van der Waals surface area contributed by atoms with E-state index in [9.17, 15) is 4.79 Å². The number of carbonyl (C=O) groups excluding carboxylic acids is 1. The van der Waals surface area contributed by atoms with Crippen molar-refractivity contribution in [3.05, 3.63) is 34.9 Å². The summed E-state index contributed by atoms with van der Waals surface area (Å²) >= 11 is 5.97. The van der Waals surface area contributed by atoms with Crippen LogP contribution in [0.5, 0.6) is 0 Å². The Morgan fingerprint density at radius 1 is 1.14 bits per heavy atom. The van der Waals surface area contributed by atoms with Crippen molar-refractivity contribution in [2.24, 2.45) is 0 Å². The van der Waals surface area contributed by atoms with Gasteiger partial charge in [0.25, 0.3) is 0 Å². The van der Waals surface area contributed by atoms with Crippen molar-refractivity contribution in [2.45, 2.75) is 37.1 Å². The fourth-order valence-electron chi connectivity index (χ4n) is 4.00. The molecule has 1 saturated carbocycles. The van der Waals surface area contributed by atoms with E-state index < -0.39 is 0 Å². The summed E-state index contributed by atoms with van der Waals surface area (Å²) in [7, 11) is 0. The molecule has 4 heteroatoms. The normalized spacial score (nSPS) is 27.5. The highest BCUT2D eigenvalue weighted by molar-refractivity contribution is 6.30. The summed E-state index contributed by atoms with van der Waals surface area (Å²) in [6.07, 6.45) is 4.50. The Labute approximate surface area is 130 Å². The van der Waals surface area contributed by atoms with E-state index in [-0.39, 0.29) is 5.41 Å². The van der Waals surface area contributed by atoms with Gasteiger partial charge in [-0.2, -0.15) is 0 Å². The Hall–Kier alpha value is -1.06. The summed E-state index contributed by atoms with van der Waals surface area (Å²) in [5.74, 6) is 0.344. The molecule has 0 spiro atoms. The maximum Gasteiger partial charge on any atom is 0.233 e. The molecule has 1 aromatic rings. The first-order valence-electron chi connectivity index (χ1n) is 7.98. The van der Waals surface area contributed by atoms with Crippen LogP contribution in [0.3, 0.4) is 0 Å². The van der Waals surface area contributed by atoms with Gasteiger partial charge in [0, 0.05) is 30.7 Å². The number of rotatable bonds is 2. The summed E-state index contributed by atoms with van der Waals surface area (Å²) < 4.78 is 0. The topological polar surface area (TPSA) is 23.6 Å². The standard InChI is InChI=1S/C17H21ClN2O/c18-14-5-3-13(4-6-14)17(7-8-17)16(21)20-11-10-19-9-1-2-15(19)12-20/h3-6,15H,1-2,7-12H2. The molecule has 1 aromatic carbocycles. The van der Waals surface area contributed by atoms with Crippen molar-refractivity contribution in [2.75, 3.05) is 26.2 Å². The highest BCUT2D eigenvalue weighted by Crippen LogP contribution is 2.50. The van der Waals surface area contributed by atoms with Crippen LogP contribution in [0.2, 0.25) is 5.02 Å². The van der Waals surface area contributed by atoms with Gasteiger partial charge in [0.15, 0.2) is 0 Å². The van der Waals surface area contributed by atoms with Crippen molar-refractivity contribution in [3.63, 3.8) is 0 Å². The Kier molecular flexibility index (Phi) is 3.23. The number of hydrogen-bond acceptors (Lipinski definition) is 2. The zero-order valence-electron chi connectivity index (χ0n) is 12.2. The van der Waals surface area contributed by atoms with E-state index in [4.69, 9.17) is 11.6 Å². The first-order chi connectivity index (χ1) is 10.2. The lowest BCUT2D eigenvalue weighted by molar-refractivity contribution is -0.136. The fourth-order valence-corrected chi connectivity index (χ4v) is 4.12. The summed E-state index contributed by atoms with van der Waals surface area (Å²) in [6, 6.07) is 8.46. The lowest BCUT2D eigenvalue weighted by Gasteiger charge is -2.39. The second-order valence-corrected chi connectivity index (χ2v) is 7.11. The number of fused-ring (bicyclic) bond motifs is 1. The average Bonchev–Trinajstić information content (AvgIpc) is 3.18. The number of amides is 1. The Morgan fingerprint density at radius 3 is 2.62 bits per heavy atom. The van der Waals surface area contributed by atoms with Crippen LogP contribution < -0.4 is 0 Å². The minimum atomic E-state index is -0.245. The second kappa shape index (κ2) is 4.99. The smallest absolute Gasteiger partial charge is 0.233 e. The van der Waals surface area contributed by atoms with Crippen molar-refractivity contribution < 1.29 is 4.79 Å². The van der Waals surface area contributed by atoms with Gasteiger partial charge in [0.05, 0.1) is 5.41 Å². The number of nitrogens with zero attached hydrogens (tertiary/aromatic N) is 2. The average molecular weight is 305 g/mol. The Balaban J connectivity index is 1.53. The van der Waals surface area contributed by atoms with Gasteiger partial charge in [-0.15, -0.1) is 0 Å². The fraction of sp³-hybridized carbons (Fsp3) is 0.588. The van der Waals surface area contributed by atoms with Crippen molar-refractivity contribution in [3.8, 4) is 0 Å². The SMILES string of the molecule is O=C(N1CCN2CCCC2C1)C1(c2ccc(Cl)cc2)CC1. The summed E-state index contributed by atoms with van der Waals surface area (Å²) in [5.41, 5.74) is 0.900. The molecule has 4 rings (SSSR count). The molecule has 3 fully saturated rings. The molecule has 3 aliphatic rings. The first-order valence-corrected chi connectivity index (χ1v) is 8.36. The number of halogens is 1. The highest BCUT2D eigenvalue weighted by Gasteiger charge is 2.53.